The lowest BCUT2D eigenvalue weighted by molar-refractivity contribution is -0.133. The first kappa shape index (κ1) is 19.6. The summed E-state index contributed by atoms with van der Waals surface area (Å²) < 4.78 is 5.96. The predicted octanol–water partition coefficient (Wildman–Crippen LogP) is 1.87. The fraction of sp³-hybridized carbons (Fsp3) is 0.316. The zero-order valence-electron chi connectivity index (χ0n) is 15.0. The molecule has 2 unspecified atom stereocenters. The molecule has 0 saturated heterocycles. The van der Waals surface area contributed by atoms with E-state index in [4.69, 9.17) is 38.7 Å². The van der Waals surface area contributed by atoms with Crippen LogP contribution in [0.25, 0.3) is 0 Å². The number of hydrogen-bond donors (Lipinski definition) is 1. The maximum absolute atomic E-state index is 12.1. The molecule has 142 valence electrons. The fourth-order valence-corrected chi connectivity index (χ4v) is 3.27. The number of carbonyl (C=O) groups excluding carboxylic acids is 1. The first-order valence-electron chi connectivity index (χ1n) is 8.40. The Kier molecular flexibility index (Phi) is 5.69. The lowest BCUT2D eigenvalue weighted by Crippen LogP contribution is -2.57. The largest absolute Gasteiger partial charge is 0.485 e. The van der Waals surface area contributed by atoms with Crippen LogP contribution in [0.15, 0.2) is 52.4 Å². The van der Waals surface area contributed by atoms with Gasteiger partial charge in [0.15, 0.2) is 16.9 Å². The Bertz CT molecular complexity index is 968. The molecule has 1 aliphatic rings. The number of benzene rings is 2. The maximum atomic E-state index is 12.1. The van der Waals surface area contributed by atoms with E-state index in [1.54, 1.807) is 26.1 Å². The minimum Gasteiger partial charge on any atom is -0.485 e. The molecule has 27 heavy (non-hydrogen) atoms. The van der Waals surface area contributed by atoms with Gasteiger partial charge >= 0.3 is 0 Å². The Morgan fingerprint density at radius 2 is 2.00 bits per heavy atom. The molecular formula is C19H20Cl2N4O2. The molecule has 0 aliphatic carbocycles. The van der Waals surface area contributed by atoms with Crippen molar-refractivity contribution >= 4 is 29.1 Å². The van der Waals surface area contributed by atoms with Crippen molar-refractivity contribution in [1.29, 1.82) is 0 Å². The zero-order chi connectivity index (χ0) is 19.6. The van der Waals surface area contributed by atoms with Gasteiger partial charge in [-0.3, -0.25) is 9.79 Å². The van der Waals surface area contributed by atoms with Gasteiger partial charge in [0.25, 0.3) is 0 Å². The average molecular weight is 407 g/mol. The van der Waals surface area contributed by atoms with Gasteiger partial charge in [0.1, 0.15) is 12.0 Å². The normalized spacial score (nSPS) is 20.9. The van der Waals surface area contributed by atoms with E-state index in [-0.39, 0.29) is 12.5 Å². The summed E-state index contributed by atoms with van der Waals surface area (Å²) in [5, 5.41) is 1.44. The van der Waals surface area contributed by atoms with Crippen LogP contribution in [0.1, 0.15) is 12.5 Å². The molecule has 2 N–H and O–H groups in total. The number of carbonyl (C=O) groups is 1. The summed E-state index contributed by atoms with van der Waals surface area (Å²) in [6.07, 6.45) is 0. The second-order valence-electron chi connectivity index (χ2n) is 6.35. The topological polar surface area (TPSA) is 80.3 Å². The van der Waals surface area contributed by atoms with E-state index in [0.29, 0.717) is 28.1 Å². The highest BCUT2D eigenvalue weighted by Gasteiger charge is 2.41. The number of hydrogen-bond acceptors (Lipinski definition) is 5. The number of rotatable bonds is 5. The van der Waals surface area contributed by atoms with Gasteiger partial charge < -0.3 is 15.4 Å². The molecule has 0 bridgehead atoms. The minimum atomic E-state index is -1.11. The fourth-order valence-electron chi connectivity index (χ4n) is 2.76. The van der Waals surface area contributed by atoms with Gasteiger partial charge in [0, 0.05) is 7.05 Å². The van der Waals surface area contributed by atoms with Crippen molar-refractivity contribution in [2.24, 2.45) is 15.7 Å². The van der Waals surface area contributed by atoms with Gasteiger partial charge in [-0.05, 0) is 24.6 Å². The highest BCUT2D eigenvalue weighted by molar-refractivity contribution is 6.32. The number of halogens is 2. The summed E-state index contributed by atoms with van der Waals surface area (Å²) in [7, 11) is 1.60. The van der Waals surface area contributed by atoms with Crippen LogP contribution in [0.2, 0.25) is 5.02 Å². The number of nitrogens with two attached hydrogens (primary N) is 1. The van der Waals surface area contributed by atoms with Gasteiger partial charge in [0.05, 0.1) is 16.9 Å². The first-order valence-corrected chi connectivity index (χ1v) is 9.22. The Balaban J connectivity index is 2.06. The van der Waals surface area contributed by atoms with Gasteiger partial charge in [-0.2, -0.15) is 0 Å². The van der Waals surface area contributed by atoms with E-state index in [2.05, 4.69) is 4.99 Å². The Labute approximate surface area is 167 Å². The monoisotopic (exact) mass is 406 g/mol. The van der Waals surface area contributed by atoms with Crippen LogP contribution in [0.5, 0.6) is 5.75 Å². The average Bonchev–Trinajstić information content (AvgIpc) is 2.68. The van der Waals surface area contributed by atoms with Crippen molar-refractivity contribution in [1.82, 2.24) is 4.90 Å². The summed E-state index contributed by atoms with van der Waals surface area (Å²) in [5.41, 5.74) is 4.60. The molecule has 8 heteroatoms. The molecule has 1 amide bonds. The molecule has 1 heterocycles. The third-order valence-corrected chi connectivity index (χ3v) is 5.37. The van der Waals surface area contributed by atoms with E-state index in [9.17, 15) is 4.79 Å². The number of likely N-dealkylation sites (N-methyl/N-ethyl adjacent to an activating group) is 1. The van der Waals surface area contributed by atoms with Crippen LogP contribution in [0, 0.1) is 0 Å². The highest BCUT2D eigenvalue weighted by Crippen LogP contribution is 2.28. The lowest BCUT2D eigenvalue weighted by Gasteiger charge is -2.38. The van der Waals surface area contributed by atoms with Gasteiger partial charge in [0.2, 0.25) is 5.91 Å². The molecule has 0 saturated carbocycles. The number of alkyl halides is 1. The van der Waals surface area contributed by atoms with Crippen LogP contribution in [0.3, 0.4) is 0 Å². The number of nitrogens with zero attached hydrogens (tertiary/aromatic N) is 3. The van der Waals surface area contributed by atoms with E-state index >= 15 is 0 Å². The lowest BCUT2D eigenvalue weighted by atomic mass is 10.1. The molecule has 2 aromatic rings. The molecule has 6 nitrogen and oxygen atoms in total. The Morgan fingerprint density at radius 3 is 2.67 bits per heavy atom. The van der Waals surface area contributed by atoms with E-state index in [1.807, 2.05) is 30.3 Å². The van der Waals surface area contributed by atoms with E-state index < -0.39 is 11.2 Å². The molecule has 0 radical (unpaired) electrons. The van der Waals surface area contributed by atoms with E-state index in [0.717, 1.165) is 5.56 Å². The molecule has 1 aliphatic heterocycles. The van der Waals surface area contributed by atoms with Crippen LogP contribution in [-0.2, 0) is 11.4 Å². The molecular weight excluding hydrogens is 387 g/mol. The Morgan fingerprint density at radius 1 is 1.30 bits per heavy atom. The summed E-state index contributed by atoms with van der Waals surface area (Å²) in [5.74, 6) is 0.115. The van der Waals surface area contributed by atoms with Gasteiger partial charge in [-0.15, -0.1) is 0 Å². The smallest absolute Gasteiger partial charge is 0.238 e. The number of amides is 1. The zero-order valence-corrected chi connectivity index (χ0v) is 16.5. The Hall–Kier alpha value is -2.15. The van der Waals surface area contributed by atoms with E-state index in [1.165, 1.54) is 4.90 Å². The molecule has 0 fully saturated rings. The van der Waals surface area contributed by atoms with Crippen molar-refractivity contribution in [3.63, 3.8) is 0 Å². The van der Waals surface area contributed by atoms with Crippen molar-refractivity contribution in [2.75, 3.05) is 13.6 Å². The number of fused-ring (bicyclic) bond motifs is 1. The molecule has 2 aromatic carbocycles. The van der Waals surface area contributed by atoms with Crippen molar-refractivity contribution in [3.8, 4) is 5.75 Å². The molecule has 0 aromatic heterocycles. The quantitative estimate of drug-likeness (QED) is 0.607. The summed E-state index contributed by atoms with van der Waals surface area (Å²) in [6.45, 7) is 1.91. The van der Waals surface area contributed by atoms with Crippen molar-refractivity contribution < 1.29 is 9.53 Å². The van der Waals surface area contributed by atoms with Crippen molar-refractivity contribution in [3.05, 3.63) is 63.8 Å². The van der Waals surface area contributed by atoms with Gasteiger partial charge in [-0.1, -0.05) is 53.5 Å². The first-order chi connectivity index (χ1) is 12.9. The van der Waals surface area contributed by atoms with Gasteiger partial charge in [-0.25, -0.2) is 4.99 Å². The minimum absolute atomic E-state index is 0.148. The standard InChI is InChI=1S/C19H20Cl2N4O2/c1-19(25(2)15(26)10-22)18(21)23-14-9-8-13(20)17(16(14)24-19)27-11-12-6-4-3-5-7-12/h3-9,18H,10-11,22H2,1-2H3. The molecule has 2 atom stereocenters. The predicted molar refractivity (Wildman–Crippen MR) is 104 cm³/mol. The van der Waals surface area contributed by atoms with Crippen LogP contribution >= 0.6 is 23.2 Å². The summed E-state index contributed by atoms with van der Waals surface area (Å²) in [4.78, 5) is 22.7. The summed E-state index contributed by atoms with van der Waals surface area (Å²) in [6, 6.07) is 13.1. The number of ether oxygens (including phenoxy) is 1. The van der Waals surface area contributed by atoms with Crippen LogP contribution in [0.4, 0.5) is 0 Å². The maximum Gasteiger partial charge on any atom is 0.238 e. The molecule has 0 spiro atoms. The van der Waals surface area contributed by atoms with Crippen LogP contribution in [-0.4, -0.2) is 35.6 Å². The van der Waals surface area contributed by atoms with Crippen molar-refractivity contribution in [2.45, 2.75) is 24.7 Å². The second kappa shape index (κ2) is 7.84. The third kappa shape index (κ3) is 3.78. The third-order valence-electron chi connectivity index (χ3n) is 4.56. The summed E-state index contributed by atoms with van der Waals surface area (Å²) >= 11 is 12.8. The SMILES string of the molecule is CN(C(=O)CN)C1(C)N=c2c(OCc3ccccc3)c(Cl)ccc2=NC1Cl. The highest BCUT2D eigenvalue weighted by atomic mass is 35.5. The second-order valence-corrected chi connectivity index (χ2v) is 7.17. The van der Waals surface area contributed by atoms with Crippen LogP contribution < -0.4 is 21.2 Å². The molecule has 3 rings (SSSR count).